The second kappa shape index (κ2) is 9.96. The first-order valence-electron chi connectivity index (χ1n) is 10.2. The van der Waals surface area contributed by atoms with Gasteiger partial charge in [-0.1, -0.05) is 0 Å². The molecule has 0 saturated heterocycles. The number of amides is 2. The van der Waals surface area contributed by atoms with Crippen LogP contribution in [0.15, 0.2) is 48.7 Å². The van der Waals surface area contributed by atoms with Gasteiger partial charge >= 0.3 is 6.03 Å². The van der Waals surface area contributed by atoms with E-state index in [9.17, 15) is 23.1 Å². The predicted octanol–water partition coefficient (Wildman–Crippen LogP) is 4.84. The SMILES string of the molecule is COc1ccc(N(C(=O)Nc2c(F)ccc(F)c2F)c2ccnc(N[C@@H](C)C(C)(C)O)n2)cc1. The maximum absolute atomic E-state index is 14.2. The lowest BCUT2D eigenvalue weighted by Crippen LogP contribution is -2.40. The Morgan fingerprint density at radius 3 is 2.35 bits per heavy atom. The molecule has 1 heterocycles. The number of ether oxygens (including phenoxy) is 1. The number of benzene rings is 2. The average Bonchev–Trinajstić information content (AvgIpc) is 2.79. The first-order chi connectivity index (χ1) is 16.0. The van der Waals surface area contributed by atoms with Crippen LogP contribution in [0.1, 0.15) is 20.8 Å². The number of hydrogen-bond donors (Lipinski definition) is 3. The van der Waals surface area contributed by atoms with Crippen LogP contribution in [0.2, 0.25) is 0 Å². The number of urea groups is 1. The van der Waals surface area contributed by atoms with Crippen molar-refractivity contribution < 1.29 is 27.8 Å². The second-order valence-corrected chi connectivity index (χ2v) is 7.94. The van der Waals surface area contributed by atoms with E-state index in [4.69, 9.17) is 4.74 Å². The monoisotopic (exact) mass is 475 g/mol. The Hall–Kier alpha value is -3.86. The summed E-state index contributed by atoms with van der Waals surface area (Å²) in [4.78, 5) is 22.6. The molecule has 34 heavy (non-hydrogen) atoms. The molecular weight excluding hydrogens is 451 g/mol. The van der Waals surface area contributed by atoms with E-state index in [-0.39, 0.29) is 17.5 Å². The molecule has 2 aromatic carbocycles. The van der Waals surface area contributed by atoms with Crippen molar-refractivity contribution in [1.82, 2.24) is 9.97 Å². The van der Waals surface area contributed by atoms with Gasteiger partial charge in [-0.25, -0.2) is 27.8 Å². The van der Waals surface area contributed by atoms with Crippen molar-refractivity contribution in [2.24, 2.45) is 0 Å². The number of nitrogens with one attached hydrogen (secondary N) is 2. The standard InChI is InChI=1S/C23H24F3N5O3/c1-13(23(2,3)33)28-21-27-12-11-18(29-21)31(14-5-7-15(34-4)8-6-14)22(32)30-20-17(25)10-9-16(24)19(20)26/h5-13,33H,1-4H3,(H,30,32)(H,27,28,29)/t13-/m0/s1. The lowest BCUT2D eigenvalue weighted by atomic mass is 10.0. The number of aromatic nitrogens is 2. The van der Waals surface area contributed by atoms with Crippen molar-refractivity contribution >= 4 is 29.2 Å². The Labute approximate surface area is 194 Å². The molecule has 0 fully saturated rings. The minimum atomic E-state index is -1.54. The van der Waals surface area contributed by atoms with Gasteiger partial charge in [0.2, 0.25) is 5.95 Å². The van der Waals surface area contributed by atoms with E-state index >= 15 is 0 Å². The van der Waals surface area contributed by atoms with Gasteiger partial charge in [-0.3, -0.25) is 0 Å². The van der Waals surface area contributed by atoms with Crippen molar-refractivity contribution in [2.45, 2.75) is 32.4 Å². The third kappa shape index (κ3) is 5.54. The minimum Gasteiger partial charge on any atom is -0.497 e. The largest absolute Gasteiger partial charge is 0.497 e. The van der Waals surface area contributed by atoms with Gasteiger partial charge in [0.15, 0.2) is 11.6 Å². The van der Waals surface area contributed by atoms with Crippen LogP contribution in [0, 0.1) is 17.5 Å². The third-order valence-electron chi connectivity index (χ3n) is 5.08. The van der Waals surface area contributed by atoms with Crippen LogP contribution in [-0.4, -0.2) is 39.9 Å². The van der Waals surface area contributed by atoms with Crippen LogP contribution in [0.25, 0.3) is 0 Å². The molecule has 0 bridgehead atoms. The molecule has 180 valence electrons. The molecule has 3 aromatic rings. The topological polar surface area (TPSA) is 99.6 Å². The number of halogens is 3. The summed E-state index contributed by atoms with van der Waals surface area (Å²) in [5.74, 6) is -3.35. The van der Waals surface area contributed by atoms with E-state index in [1.54, 1.807) is 32.9 Å². The van der Waals surface area contributed by atoms with Gasteiger partial charge < -0.3 is 20.5 Å². The van der Waals surface area contributed by atoms with E-state index in [0.29, 0.717) is 17.9 Å². The number of carbonyl (C=O) groups is 1. The highest BCUT2D eigenvalue weighted by Gasteiger charge is 2.26. The number of anilines is 4. The van der Waals surface area contributed by atoms with Gasteiger partial charge in [-0.15, -0.1) is 0 Å². The minimum absolute atomic E-state index is 0.0420. The molecule has 0 aliphatic carbocycles. The Bertz CT molecular complexity index is 1170. The van der Waals surface area contributed by atoms with Crippen molar-refractivity contribution in [1.29, 1.82) is 0 Å². The molecule has 11 heteroatoms. The quantitative estimate of drug-likeness (QED) is 0.423. The highest BCUT2D eigenvalue weighted by Crippen LogP contribution is 2.29. The molecule has 3 N–H and O–H groups in total. The first-order valence-corrected chi connectivity index (χ1v) is 10.2. The summed E-state index contributed by atoms with van der Waals surface area (Å²) in [5, 5.41) is 15.2. The Morgan fingerprint density at radius 2 is 1.74 bits per heavy atom. The second-order valence-electron chi connectivity index (χ2n) is 7.94. The van der Waals surface area contributed by atoms with Crippen LogP contribution >= 0.6 is 0 Å². The van der Waals surface area contributed by atoms with Gasteiger partial charge in [0.05, 0.1) is 24.4 Å². The molecule has 0 aliphatic heterocycles. The zero-order chi connectivity index (χ0) is 25.0. The molecular formula is C23H24F3N5O3. The first kappa shape index (κ1) is 24.8. The van der Waals surface area contributed by atoms with Gasteiger partial charge in [-0.05, 0) is 57.2 Å². The smallest absolute Gasteiger partial charge is 0.332 e. The van der Waals surface area contributed by atoms with Crippen molar-refractivity contribution in [2.75, 3.05) is 22.6 Å². The zero-order valence-corrected chi connectivity index (χ0v) is 18.9. The lowest BCUT2D eigenvalue weighted by molar-refractivity contribution is 0.0646. The highest BCUT2D eigenvalue weighted by atomic mass is 19.2. The molecule has 0 spiro atoms. The van der Waals surface area contributed by atoms with Crippen LogP contribution in [-0.2, 0) is 0 Å². The molecule has 0 aliphatic rings. The lowest BCUT2D eigenvalue weighted by Gasteiger charge is -2.27. The average molecular weight is 475 g/mol. The summed E-state index contributed by atoms with van der Waals surface area (Å²) in [6, 6.07) is 7.49. The molecule has 0 unspecified atom stereocenters. The normalized spacial score (nSPS) is 12.1. The summed E-state index contributed by atoms with van der Waals surface area (Å²) in [5.41, 5.74) is -1.76. The third-order valence-corrected chi connectivity index (χ3v) is 5.08. The number of hydrogen-bond acceptors (Lipinski definition) is 6. The molecule has 0 saturated carbocycles. The van der Waals surface area contributed by atoms with Crippen molar-refractivity contribution in [3.05, 3.63) is 66.1 Å². The summed E-state index contributed by atoms with van der Waals surface area (Å²) in [6.45, 7) is 4.93. The molecule has 0 radical (unpaired) electrons. The fourth-order valence-electron chi connectivity index (χ4n) is 2.80. The predicted molar refractivity (Wildman–Crippen MR) is 122 cm³/mol. The van der Waals surface area contributed by atoms with Crippen molar-refractivity contribution in [3.63, 3.8) is 0 Å². The number of nitrogens with zero attached hydrogens (tertiary/aromatic N) is 3. The fraction of sp³-hybridized carbons (Fsp3) is 0.261. The van der Waals surface area contributed by atoms with E-state index in [0.717, 1.165) is 4.90 Å². The van der Waals surface area contributed by atoms with Crippen LogP contribution in [0.5, 0.6) is 5.75 Å². The maximum Gasteiger partial charge on any atom is 0.332 e. The number of aliphatic hydroxyl groups is 1. The molecule has 1 atom stereocenters. The molecule has 1 aromatic heterocycles. The zero-order valence-electron chi connectivity index (χ0n) is 18.9. The van der Waals surface area contributed by atoms with E-state index in [1.165, 1.54) is 31.5 Å². The Morgan fingerprint density at radius 1 is 1.09 bits per heavy atom. The van der Waals surface area contributed by atoms with Crippen molar-refractivity contribution in [3.8, 4) is 5.75 Å². The van der Waals surface area contributed by atoms with Crippen LogP contribution in [0.3, 0.4) is 0 Å². The van der Waals surface area contributed by atoms with E-state index < -0.39 is 40.8 Å². The van der Waals surface area contributed by atoms with Gasteiger partial charge in [0.1, 0.15) is 23.1 Å². The number of rotatable bonds is 7. The van der Waals surface area contributed by atoms with Gasteiger partial charge in [0.25, 0.3) is 0 Å². The van der Waals surface area contributed by atoms with Gasteiger partial charge in [-0.2, -0.15) is 4.98 Å². The summed E-state index contributed by atoms with van der Waals surface area (Å²) >= 11 is 0. The van der Waals surface area contributed by atoms with E-state index in [2.05, 4.69) is 20.6 Å². The maximum atomic E-state index is 14.2. The van der Waals surface area contributed by atoms with Crippen LogP contribution in [0.4, 0.5) is 41.1 Å². The Balaban J connectivity index is 2.02. The summed E-state index contributed by atoms with van der Waals surface area (Å²) in [7, 11) is 1.47. The van der Waals surface area contributed by atoms with Crippen LogP contribution < -0.4 is 20.3 Å². The Kier molecular flexibility index (Phi) is 7.26. The fourth-order valence-corrected chi connectivity index (χ4v) is 2.80. The summed E-state index contributed by atoms with van der Waals surface area (Å²) < 4.78 is 47.1. The number of methoxy groups -OCH3 is 1. The highest BCUT2D eigenvalue weighted by molar-refractivity contribution is 6.06. The molecule has 3 rings (SSSR count). The number of carbonyl (C=O) groups excluding carboxylic acids is 1. The van der Waals surface area contributed by atoms with E-state index in [1.807, 2.05) is 0 Å². The van der Waals surface area contributed by atoms with Gasteiger partial charge in [0, 0.05) is 12.3 Å². The molecule has 2 amide bonds. The summed E-state index contributed by atoms with van der Waals surface area (Å²) in [6.07, 6.45) is 1.37. The molecule has 8 nitrogen and oxygen atoms in total.